The van der Waals surface area contributed by atoms with Gasteiger partial charge in [-0.25, -0.2) is 0 Å². The molecule has 4 heteroatoms. The first-order valence-corrected chi connectivity index (χ1v) is 6.81. The molecular formula is C15H19N3O. The van der Waals surface area contributed by atoms with Gasteiger partial charge in [-0.15, -0.1) is 0 Å². The van der Waals surface area contributed by atoms with Crippen LogP contribution in [0.15, 0.2) is 28.8 Å². The maximum atomic E-state index is 5.86. The maximum absolute atomic E-state index is 5.86. The third-order valence-electron chi connectivity index (χ3n) is 4.23. The smallest absolute Gasteiger partial charge is 0.234 e. The molecule has 3 rings (SSSR count). The Bertz CT molecular complexity index is 567. The number of rotatable bonds is 4. The van der Waals surface area contributed by atoms with Gasteiger partial charge < -0.3 is 10.3 Å². The number of aromatic nitrogens is 2. The molecule has 100 valence electrons. The number of hydrogen-bond acceptors (Lipinski definition) is 4. The molecule has 0 unspecified atom stereocenters. The second-order valence-electron chi connectivity index (χ2n) is 5.46. The van der Waals surface area contributed by atoms with Gasteiger partial charge in [0.25, 0.3) is 0 Å². The summed E-state index contributed by atoms with van der Waals surface area (Å²) in [6.07, 6.45) is 4.05. The van der Waals surface area contributed by atoms with Gasteiger partial charge in [0, 0.05) is 13.0 Å². The molecule has 0 saturated heterocycles. The molecule has 0 aliphatic heterocycles. The van der Waals surface area contributed by atoms with Crippen molar-refractivity contribution in [1.29, 1.82) is 0 Å². The van der Waals surface area contributed by atoms with Crippen LogP contribution >= 0.6 is 0 Å². The van der Waals surface area contributed by atoms with Gasteiger partial charge in [0.2, 0.25) is 5.89 Å². The minimum Gasteiger partial charge on any atom is -0.339 e. The standard InChI is InChI=1S/C15H19N3O/c1-11-5-2-3-6-12(11)9-13-17-14(19-18-13)15(10-16)7-4-8-15/h2-3,5-6H,4,7-10,16H2,1H3. The Labute approximate surface area is 113 Å². The first-order valence-electron chi connectivity index (χ1n) is 6.81. The Morgan fingerprint density at radius 3 is 2.74 bits per heavy atom. The second-order valence-corrected chi connectivity index (χ2v) is 5.46. The maximum Gasteiger partial charge on any atom is 0.234 e. The predicted molar refractivity (Wildman–Crippen MR) is 72.9 cm³/mol. The van der Waals surface area contributed by atoms with E-state index in [4.69, 9.17) is 10.3 Å². The lowest BCUT2D eigenvalue weighted by atomic mass is 9.69. The highest BCUT2D eigenvalue weighted by Gasteiger charge is 2.42. The Kier molecular flexibility index (Phi) is 3.11. The molecule has 0 amide bonds. The van der Waals surface area contributed by atoms with Crippen molar-refractivity contribution >= 4 is 0 Å². The highest BCUT2D eigenvalue weighted by Crippen LogP contribution is 2.41. The third kappa shape index (κ3) is 2.16. The van der Waals surface area contributed by atoms with E-state index < -0.39 is 0 Å². The van der Waals surface area contributed by atoms with Gasteiger partial charge in [0.15, 0.2) is 5.82 Å². The molecule has 1 aliphatic rings. The van der Waals surface area contributed by atoms with Crippen molar-refractivity contribution in [1.82, 2.24) is 10.1 Å². The first kappa shape index (κ1) is 12.4. The van der Waals surface area contributed by atoms with Crippen LogP contribution in [0.5, 0.6) is 0 Å². The third-order valence-corrected chi connectivity index (χ3v) is 4.23. The predicted octanol–water partition coefficient (Wildman–Crippen LogP) is 2.35. The molecule has 1 fully saturated rings. The van der Waals surface area contributed by atoms with E-state index in [1.165, 1.54) is 17.5 Å². The van der Waals surface area contributed by atoms with Crippen LogP contribution in [-0.2, 0) is 11.8 Å². The van der Waals surface area contributed by atoms with Crippen LogP contribution in [0.25, 0.3) is 0 Å². The lowest BCUT2D eigenvalue weighted by Crippen LogP contribution is -2.41. The Morgan fingerprint density at radius 1 is 1.32 bits per heavy atom. The van der Waals surface area contributed by atoms with E-state index in [0.29, 0.717) is 6.54 Å². The summed E-state index contributed by atoms with van der Waals surface area (Å²) in [5.74, 6) is 1.48. The number of aryl methyl sites for hydroxylation is 1. The fourth-order valence-electron chi connectivity index (χ4n) is 2.63. The van der Waals surface area contributed by atoms with Gasteiger partial charge in [0.1, 0.15) is 0 Å². The summed E-state index contributed by atoms with van der Waals surface area (Å²) in [4.78, 5) is 4.55. The molecule has 4 nitrogen and oxygen atoms in total. The molecule has 1 aromatic carbocycles. The lowest BCUT2D eigenvalue weighted by molar-refractivity contribution is 0.181. The summed E-state index contributed by atoms with van der Waals surface area (Å²) in [5.41, 5.74) is 8.31. The lowest BCUT2D eigenvalue weighted by Gasteiger charge is -2.36. The quantitative estimate of drug-likeness (QED) is 0.913. The largest absolute Gasteiger partial charge is 0.339 e. The van der Waals surface area contributed by atoms with E-state index in [2.05, 4.69) is 29.2 Å². The van der Waals surface area contributed by atoms with E-state index in [0.717, 1.165) is 31.0 Å². The van der Waals surface area contributed by atoms with Crippen LogP contribution in [0.1, 0.15) is 42.1 Å². The van der Waals surface area contributed by atoms with Gasteiger partial charge in [-0.2, -0.15) is 4.98 Å². The van der Waals surface area contributed by atoms with E-state index >= 15 is 0 Å². The Balaban J connectivity index is 1.81. The van der Waals surface area contributed by atoms with Crippen molar-refractivity contribution in [3.8, 4) is 0 Å². The zero-order valence-electron chi connectivity index (χ0n) is 11.2. The molecule has 0 atom stereocenters. The van der Waals surface area contributed by atoms with Gasteiger partial charge in [-0.3, -0.25) is 0 Å². The number of benzene rings is 1. The minimum atomic E-state index is -0.0447. The second kappa shape index (κ2) is 4.78. The van der Waals surface area contributed by atoms with E-state index in [-0.39, 0.29) is 5.41 Å². The minimum absolute atomic E-state index is 0.0447. The Hall–Kier alpha value is -1.68. The zero-order valence-corrected chi connectivity index (χ0v) is 11.2. The van der Waals surface area contributed by atoms with Crippen molar-refractivity contribution < 1.29 is 4.52 Å². The van der Waals surface area contributed by atoms with Crippen LogP contribution in [0.3, 0.4) is 0 Å². The molecule has 1 aromatic heterocycles. The summed E-state index contributed by atoms with van der Waals surface area (Å²) in [7, 11) is 0. The van der Waals surface area contributed by atoms with Crippen molar-refractivity contribution in [2.24, 2.45) is 5.73 Å². The first-order chi connectivity index (χ1) is 9.23. The summed E-state index contributed by atoms with van der Waals surface area (Å²) < 4.78 is 5.43. The molecule has 2 N–H and O–H groups in total. The molecule has 0 spiro atoms. The van der Waals surface area contributed by atoms with Crippen LogP contribution in [0.4, 0.5) is 0 Å². The van der Waals surface area contributed by atoms with Gasteiger partial charge in [0.05, 0.1) is 5.41 Å². The fourth-order valence-corrected chi connectivity index (χ4v) is 2.63. The highest BCUT2D eigenvalue weighted by molar-refractivity contribution is 5.28. The van der Waals surface area contributed by atoms with Crippen molar-refractivity contribution in [2.45, 2.75) is 38.0 Å². The zero-order chi connectivity index (χ0) is 13.3. The summed E-state index contributed by atoms with van der Waals surface area (Å²) in [6.45, 7) is 2.70. The van der Waals surface area contributed by atoms with E-state index in [1.54, 1.807) is 0 Å². The monoisotopic (exact) mass is 257 g/mol. The fraction of sp³-hybridized carbons (Fsp3) is 0.467. The average molecular weight is 257 g/mol. The molecule has 2 aromatic rings. The van der Waals surface area contributed by atoms with Gasteiger partial charge in [-0.1, -0.05) is 35.8 Å². The molecule has 1 saturated carbocycles. The summed E-state index contributed by atoms with van der Waals surface area (Å²) in [5, 5.41) is 4.11. The van der Waals surface area contributed by atoms with Gasteiger partial charge in [-0.05, 0) is 30.9 Å². The summed E-state index contributed by atoms with van der Waals surface area (Å²) in [6, 6.07) is 8.28. The van der Waals surface area contributed by atoms with Gasteiger partial charge >= 0.3 is 0 Å². The number of nitrogens with zero attached hydrogens (tertiary/aromatic N) is 2. The Morgan fingerprint density at radius 2 is 2.11 bits per heavy atom. The number of nitrogens with two attached hydrogens (primary N) is 1. The van der Waals surface area contributed by atoms with Crippen molar-refractivity contribution in [3.05, 3.63) is 47.1 Å². The highest BCUT2D eigenvalue weighted by atomic mass is 16.5. The van der Waals surface area contributed by atoms with Crippen LogP contribution in [-0.4, -0.2) is 16.7 Å². The van der Waals surface area contributed by atoms with Crippen LogP contribution in [0.2, 0.25) is 0 Å². The van der Waals surface area contributed by atoms with E-state index in [9.17, 15) is 0 Å². The van der Waals surface area contributed by atoms with Crippen molar-refractivity contribution in [2.75, 3.05) is 6.54 Å². The van der Waals surface area contributed by atoms with E-state index in [1.807, 2.05) is 12.1 Å². The molecule has 1 heterocycles. The summed E-state index contributed by atoms with van der Waals surface area (Å²) >= 11 is 0. The molecule has 0 radical (unpaired) electrons. The number of hydrogen-bond donors (Lipinski definition) is 1. The molecule has 1 aliphatic carbocycles. The normalized spacial score (nSPS) is 17.2. The van der Waals surface area contributed by atoms with Crippen molar-refractivity contribution in [3.63, 3.8) is 0 Å². The SMILES string of the molecule is Cc1ccccc1Cc1noc(C2(CN)CCC2)n1. The molecular weight excluding hydrogens is 238 g/mol. The van der Waals surface area contributed by atoms with Crippen LogP contribution in [0, 0.1) is 6.92 Å². The molecule has 0 bridgehead atoms. The topological polar surface area (TPSA) is 64.9 Å². The average Bonchev–Trinajstić information content (AvgIpc) is 2.81. The molecule has 19 heavy (non-hydrogen) atoms. The van der Waals surface area contributed by atoms with Crippen LogP contribution < -0.4 is 5.73 Å².